The van der Waals surface area contributed by atoms with Gasteiger partial charge in [-0.3, -0.25) is 4.79 Å². The van der Waals surface area contributed by atoms with Crippen molar-refractivity contribution in [3.63, 3.8) is 0 Å². The average molecular weight is 306 g/mol. The Morgan fingerprint density at radius 1 is 1.36 bits per heavy atom. The summed E-state index contributed by atoms with van der Waals surface area (Å²) in [7, 11) is 0. The molecule has 3 rings (SSSR count). The number of nitrogens with zero attached hydrogens (tertiary/aromatic N) is 1. The summed E-state index contributed by atoms with van der Waals surface area (Å²) in [5.74, 6) is -0.0577. The predicted molar refractivity (Wildman–Crippen MR) is 81.6 cm³/mol. The molecule has 1 aliphatic heterocycles. The van der Waals surface area contributed by atoms with E-state index in [-0.39, 0.29) is 29.8 Å². The number of carbonyl (C=O) groups is 1. The molecular formula is C17H23FN2O2. The third kappa shape index (κ3) is 3.47. The van der Waals surface area contributed by atoms with Crippen LogP contribution in [0.5, 0.6) is 0 Å². The molecule has 1 aromatic carbocycles. The minimum Gasteiger partial charge on any atom is -0.370 e. The summed E-state index contributed by atoms with van der Waals surface area (Å²) < 4.78 is 19.1. The van der Waals surface area contributed by atoms with Crippen LogP contribution in [0.3, 0.4) is 0 Å². The van der Waals surface area contributed by atoms with Gasteiger partial charge in [0.15, 0.2) is 0 Å². The second-order valence-corrected chi connectivity index (χ2v) is 6.32. The number of hydrogen-bond donors (Lipinski definition) is 1. The Morgan fingerprint density at radius 2 is 2.23 bits per heavy atom. The van der Waals surface area contributed by atoms with Crippen molar-refractivity contribution in [3.8, 4) is 0 Å². The van der Waals surface area contributed by atoms with Gasteiger partial charge in [-0.1, -0.05) is 18.6 Å². The van der Waals surface area contributed by atoms with Crippen LogP contribution in [0.2, 0.25) is 0 Å². The SMILES string of the molecule is NC1CCCC(C(=O)N2CCOC(c3cccc(F)c3)C2)C1. The van der Waals surface area contributed by atoms with Gasteiger partial charge in [0.2, 0.25) is 5.91 Å². The number of amides is 1. The lowest BCUT2D eigenvalue weighted by atomic mass is 9.85. The second kappa shape index (κ2) is 6.75. The Morgan fingerprint density at radius 3 is 3.00 bits per heavy atom. The number of rotatable bonds is 2. The number of nitrogens with two attached hydrogens (primary N) is 1. The predicted octanol–water partition coefficient (Wildman–Crippen LogP) is 2.24. The molecule has 5 heteroatoms. The topological polar surface area (TPSA) is 55.6 Å². The summed E-state index contributed by atoms with van der Waals surface area (Å²) in [6, 6.07) is 6.56. The van der Waals surface area contributed by atoms with Crippen LogP contribution in [-0.2, 0) is 9.53 Å². The molecule has 22 heavy (non-hydrogen) atoms. The fourth-order valence-electron chi connectivity index (χ4n) is 3.47. The van der Waals surface area contributed by atoms with Gasteiger partial charge < -0.3 is 15.4 Å². The second-order valence-electron chi connectivity index (χ2n) is 6.32. The van der Waals surface area contributed by atoms with Crippen LogP contribution in [-0.4, -0.2) is 36.5 Å². The van der Waals surface area contributed by atoms with Crippen LogP contribution in [0.25, 0.3) is 0 Å². The molecule has 2 N–H and O–H groups in total. The summed E-state index contributed by atoms with van der Waals surface area (Å²) in [4.78, 5) is 14.5. The van der Waals surface area contributed by atoms with Crippen molar-refractivity contribution in [2.45, 2.75) is 37.8 Å². The molecule has 0 spiro atoms. The van der Waals surface area contributed by atoms with E-state index in [4.69, 9.17) is 10.5 Å². The fourth-order valence-corrected chi connectivity index (χ4v) is 3.47. The number of halogens is 1. The van der Waals surface area contributed by atoms with E-state index < -0.39 is 0 Å². The van der Waals surface area contributed by atoms with Crippen LogP contribution in [0, 0.1) is 11.7 Å². The molecule has 1 heterocycles. The van der Waals surface area contributed by atoms with Crippen LogP contribution in [0.15, 0.2) is 24.3 Å². The highest BCUT2D eigenvalue weighted by molar-refractivity contribution is 5.79. The number of benzene rings is 1. The first-order valence-electron chi connectivity index (χ1n) is 8.05. The van der Waals surface area contributed by atoms with Crippen LogP contribution < -0.4 is 5.73 Å². The van der Waals surface area contributed by atoms with Crippen molar-refractivity contribution < 1.29 is 13.9 Å². The van der Waals surface area contributed by atoms with E-state index in [1.165, 1.54) is 12.1 Å². The van der Waals surface area contributed by atoms with Gasteiger partial charge in [-0.2, -0.15) is 0 Å². The zero-order valence-corrected chi connectivity index (χ0v) is 12.7. The lowest BCUT2D eigenvalue weighted by Gasteiger charge is -2.37. The van der Waals surface area contributed by atoms with Crippen LogP contribution in [0.4, 0.5) is 4.39 Å². The third-order valence-electron chi connectivity index (χ3n) is 4.66. The molecule has 1 saturated carbocycles. The van der Waals surface area contributed by atoms with Gasteiger partial charge in [-0.15, -0.1) is 0 Å². The molecular weight excluding hydrogens is 283 g/mol. The molecule has 4 nitrogen and oxygen atoms in total. The summed E-state index contributed by atoms with van der Waals surface area (Å²) >= 11 is 0. The van der Waals surface area contributed by atoms with Crippen molar-refractivity contribution in [2.24, 2.45) is 11.7 Å². The third-order valence-corrected chi connectivity index (χ3v) is 4.66. The van der Waals surface area contributed by atoms with Crippen LogP contribution >= 0.6 is 0 Å². The number of ether oxygens (including phenoxy) is 1. The number of morpholine rings is 1. The highest BCUT2D eigenvalue weighted by Crippen LogP contribution is 2.28. The van der Waals surface area contributed by atoms with Crippen molar-refractivity contribution in [1.29, 1.82) is 0 Å². The van der Waals surface area contributed by atoms with Gasteiger partial charge >= 0.3 is 0 Å². The molecule has 1 saturated heterocycles. The van der Waals surface area contributed by atoms with E-state index in [2.05, 4.69) is 0 Å². The maximum atomic E-state index is 13.4. The smallest absolute Gasteiger partial charge is 0.225 e. The molecule has 0 aromatic heterocycles. The van der Waals surface area contributed by atoms with E-state index >= 15 is 0 Å². The maximum Gasteiger partial charge on any atom is 0.225 e. The molecule has 3 unspecified atom stereocenters. The Hall–Kier alpha value is -1.46. The normalized spacial score (nSPS) is 29.4. The van der Waals surface area contributed by atoms with Crippen LogP contribution in [0.1, 0.15) is 37.4 Å². The molecule has 2 aliphatic rings. The highest BCUT2D eigenvalue weighted by Gasteiger charge is 2.32. The van der Waals surface area contributed by atoms with Crippen molar-refractivity contribution in [3.05, 3.63) is 35.6 Å². The lowest BCUT2D eigenvalue weighted by Crippen LogP contribution is -2.46. The Bertz CT molecular complexity index is 537. The zero-order valence-electron chi connectivity index (χ0n) is 12.7. The van der Waals surface area contributed by atoms with E-state index in [1.807, 2.05) is 11.0 Å². The van der Waals surface area contributed by atoms with Gasteiger partial charge in [0.1, 0.15) is 11.9 Å². The first kappa shape index (κ1) is 15.4. The quantitative estimate of drug-likeness (QED) is 0.911. The number of carbonyl (C=O) groups excluding carboxylic acids is 1. The minimum absolute atomic E-state index is 0.0370. The molecule has 2 fully saturated rings. The van der Waals surface area contributed by atoms with E-state index in [0.29, 0.717) is 19.7 Å². The Kier molecular flexibility index (Phi) is 4.74. The minimum atomic E-state index is -0.275. The molecule has 1 aliphatic carbocycles. The summed E-state index contributed by atoms with van der Waals surface area (Å²) in [5.41, 5.74) is 6.78. The molecule has 0 radical (unpaired) electrons. The van der Waals surface area contributed by atoms with Gasteiger partial charge in [0.25, 0.3) is 0 Å². The average Bonchev–Trinajstić information content (AvgIpc) is 2.54. The largest absolute Gasteiger partial charge is 0.370 e. The van der Waals surface area contributed by atoms with E-state index in [9.17, 15) is 9.18 Å². The lowest BCUT2D eigenvalue weighted by molar-refractivity contribution is -0.144. The highest BCUT2D eigenvalue weighted by atomic mass is 19.1. The maximum absolute atomic E-state index is 13.4. The Balaban J connectivity index is 1.66. The summed E-state index contributed by atoms with van der Waals surface area (Å²) in [6.45, 7) is 1.59. The van der Waals surface area contributed by atoms with Gasteiger partial charge in [-0.05, 0) is 37.0 Å². The van der Waals surface area contributed by atoms with E-state index in [1.54, 1.807) is 6.07 Å². The van der Waals surface area contributed by atoms with Gasteiger partial charge in [0.05, 0.1) is 13.2 Å². The molecule has 120 valence electrons. The fraction of sp³-hybridized carbons (Fsp3) is 0.588. The van der Waals surface area contributed by atoms with Crippen molar-refractivity contribution in [2.75, 3.05) is 19.7 Å². The Labute approximate surface area is 130 Å². The van der Waals surface area contributed by atoms with Crippen molar-refractivity contribution in [1.82, 2.24) is 4.90 Å². The summed E-state index contributed by atoms with van der Waals surface area (Å²) in [6.07, 6.45) is 3.49. The molecule has 3 atom stereocenters. The first-order chi connectivity index (χ1) is 10.6. The monoisotopic (exact) mass is 306 g/mol. The van der Waals surface area contributed by atoms with Gasteiger partial charge in [0, 0.05) is 18.5 Å². The standard InChI is InChI=1S/C17H23FN2O2/c18-14-5-1-3-12(9-14)16-11-20(7-8-22-16)17(21)13-4-2-6-15(19)10-13/h1,3,5,9,13,15-16H,2,4,6-8,10-11,19H2. The molecule has 1 aromatic rings. The molecule has 1 amide bonds. The zero-order chi connectivity index (χ0) is 15.5. The molecule has 0 bridgehead atoms. The first-order valence-corrected chi connectivity index (χ1v) is 8.05. The number of hydrogen-bond acceptors (Lipinski definition) is 3. The van der Waals surface area contributed by atoms with E-state index in [0.717, 1.165) is 31.2 Å². The van der Waals surface area contributed by atoms with Crippen molar-refractivity contribution >= 4 is 5.91 Å². The summed E-state index contributed by atoms with van der Waals surface area (Å²) in [5, 5.41) is 0. The van der Waals surface area contributed by atoms with Gasteiger partial charge in [-0.25, -0.2) is 4.39 Å².